The molecule has 0 aromatic heterocycles. The molecule has 0 aromatic carbocycles. The topological polar surface area (TPSA) is 35.5 Å². The minimum Gasteiger partial charge on any atom is -0.493 e. The SMILES string of the molecule is CC1OC(=O)C2=C1OCCC2. The van der Waals surface area contributed by atoms with Crippen molar-refractivity contribution in [2.24, 2.45) is 0 Å². The molecule has 3 heteroatoms. The van der Waals surface area contributed by atoms with Gasteiger partial charge in [-0.1, -0.05) is 0 Å². The summed E-state index contributed by atoms with van der Waals surface area (Å²) in [4.78, 5) is 11.1. The molecule has 0 radical (unpaired) electrons. The van der Waals surface area contributed by atoms with E-state index < -0.39 is 0 Å². The molecule has 2 rings (SSSR count). The van der Waals surface area contributed by atoms with E-state index in [-0.39, 0.29) is 12.1 Å². The van der Waals surface area contributed by atoms with Gasteiger partial charge in [0.1, 0.15) is 5.76 Å². The maximum absolute atomic E-state index is 11.1. The molecular weight excluding hydrogens is 144 g/mol. The molecule has 0 fully saturated rings. The third kappa shape index (κ3) is 0.914. The van der Waals surface area contributed by atoms with Crippen LogP contribution in [0.15, 0.2) is 11.3 Å². The molecule has 2 aliphatic heterocycles. The van der Waals surface area contributed by atoms with Crippen LogP contribution >= 0.6 is 0 Å². The molecule has 60 valence electrons. The van der Waals surface area contributed by atoms with Crippen LogP contribution in [0.5, 0.6) is 0 Å². The van der Waals surface area contributed by atoms with Gasteiger partial charge in [-0.05, 0) is 19.8 Å². The fourth-order valence-corrected chi connectivity index (χ4v) is 1.49. The minimum absolute atomic E-state index is 0.155. The maximum Gasteiger partial charge on any atom is 0.338 e. The van der Waals surface area contributed by atoms with Crippen molar-refractivity contribution < 1.29 is 14.3 Å². The van der Waals surface area contributed by atoms with Gasteiger partial charge in [-0.3, -0.25) is 0 Å². The Labute approximate surface area is 65.0 Å². The Bertz CT molecular complexity index is 229. The van der Waals surface area contributed by atoms with Gasteiger partial charge in [-0.25, -0.2) is 4.79 Å². The second-order valence-electron chi connectivity index (χ2n) is 2.84. The van der Waals surface area contributed by atoms with Crippen LogP contribution in [0.2, 0.25) is 0 Å². The van der Waals surface area contributed by atoms with Crippen LogP contribution in [-0.4, -0.2) is 18.7 Å². The Hall–Kier alpha value is -0.990. The summed E-state index contributed by atoms with van der Waals surface area (Å²) in [5.74, 6) is 0.577. The first kappa shape index (κ1) is 6.70. The van der Waals surface area contributed by atoms with Crippen LogP contribution in [0.25, 0.3) is 0 Å². The Balaban J connectivity index is 2.32. The lowest BCUT2D eigenvalue weighted by Gasteiger charge is -2.14. The second kappa shape index (κ2) is 2.26. The molecule has 0 aliphatic carbocycles. The van der Waals surface area contributed by atoms with Gasteiger partial charge in [-0.2, -0.15) is 0 Å². The van der Waals surface area contributed by atoms with Crippen molar-refractivity contribution in [1.29, 1.82) is 0 Å². The van der Waals surface area contributed by atoms with Gasteiger partial charge >= 0.3 is 5.97 Å². The van der Waals surface area contributed by atoms with Crippen LogP contribution in [0.1, 0.15) is 19.8 Å². The quantitative estimate of drug-likeness (QED) is 0.488. The van der Waals surface area contributed by atoms with E-state index in [2.05, 4.69) is 0 Å². The largest absolute Gasteiger partial charge is 0.493 e. The molecule has 3 nitrogen and oxygen atoms in total. The van der Waals surface area contributed by atoms with Gasteiger partial charge in [0.25, 0.3) is 0 Å². The third-order valence-corrected chi connectivity index (χ3v) is 2.03. The van der Waals surface area contributed by atoms with Crippen molar-refractivity contribution in [3.63, 3.8) is 0 Å². The first-order valence-corrected chi connectivity index (χ1v) is 3.86. The van der Waals surface area contributed by atoms with Crippen LogP contribution < -0.4 is 0 Å². The lowest BCUT2D eigenvalue weighted by atomic mass is 10.1. The number of carbonyl (C=O) groups excluding carboxylic acids is 1. The summed E-state index contributed by atoms with van der Waals surface area (Å²) in [5, 5.41) is 0. The van der Waals surface area contributed by atoms with Gasteiger partial charge in [0.05, 0.1) is 12.2 Å². The van der Waals surface area contributed by atoms with Crippen molar-refractivity contribution in [2.75, 3.05) is 6.61 Å². The first-order valence-electron chi connectivity index (χ1n) is 3.86. The molecule has 0 N–H and O–H groups in total. The summed E-state index contributed by atoms with van der Waals surface area (Å²) in [6, 6.07) is 0. The Kier molecular flexibility index (Phi) is 1.37. The van der Waals surface area contributed by atoms with Crippen molar-refractivity contribution in [1.82, 2.24) is 0 Å². The number of esters is 1. The van der Waals surface area contributed by atoms with Gasteiger partial charge in [0.2, 0.25) is 0 Å². The molecule has 2 heterocycles. The Morgan fingerprint density at radius 2 is 2.36 bits per heavy atom. The van der Waals surface area contributed by atoms with E-state index in [1.165, 1.54) is 0 Å². The summed E-state index contributed by atoms with van der Waals surface area (Å²) >= 11 is 0. The molecule has 2 aliphatic rings. The highest BCUT2D eigenvalue weighted by Gasteiger charge is 2.34. The molecule has 0 spiro atoms. The van der Waals surface area contributed by atoms with Crippen LogP contribution in [0, 0.1) is 0 Å². The molecule has 0 saturated carbocycles. The highest BCUT2D eigenvalue weighted by atomic mass is 16.6. The highest BCUT2D eigenvalue weighted by Crippen LogP contribution is 2.30. The Morgan fingerprint density at radius 1 is 1.55 bits per heavy atom. The smallest absolute Gasteiger partial charge is 0.338 e. The van der Waals surface area contributed by atoms with E-state index in [4.69, 9.17) is 9.47 Å². The average molecular weight is 154 g/mol. The number of rotatable bonds is 0. The standard InChI is InChI=1S/C8H10O3/c1-5-7-6(8(9)11-5)3-2-4-10-7/h5H,2-4H2,1H3. The molecule has 1 unspecified atom stereocenters. The van der Waals surface area contributed by atoms with E-state index in [0.29, 0.717) is 0 Å². The number of hydrogen-bond donors (Lipinski definition) is 0. The highest BCUT2D eigenvalue weighted by molar-refractivity contribution is 5.91. The van der Waals surface area contributed by atoms with Crippen molar-refractivity contribution in [3.05, 3.63) is 11.3 Å². The monoisotopic (exact) mass is 154 g/mol. The van der Waals surface area contributed by atoms with Gasteiger partial charge in [0.15, 0.2) is 6.10 Å². The van der Waals surface area contributed by atoms with E-state index in [9.17, 15) is 4.79 Å². The number of ether oxygens (including phenoxy) is 2. The number of carbonyl (C=O) groups is 1. The summed E-state index contributed by atoms with van der Waals surface area (Å²) in [6.07, 6.45) is 1.59. The first-order chi connectivity index (χ1) is 5.29. The minimum atomic E-state index is -0.188. The lowest BCUT2D eigenvalue weighted by molar-refractivity contribution is -0.139. The van der Waals surface area contributed by atoms with Crippen molar-refractivity contribution in [3.8, 4) is 0 Å². The van der Waals surface area contributed by atoms with Crippen molar-refractivity contribution in [2.45, 2.75) is 25.9 Å². The lowest BCUT2D eigenvalue weighted by Crippen LogP contribution is -2.10. The van der Waals surface area contributed by atoms with Crippen LogP contribution in [-0.2, 0) is 14.3 Å². The predicted octanol–water partition coefficient (Wildman–Crippen LogP) is 0.996. The molecule has 0 amide bonds. The van der Waals surface area contributed by atoms with E-state index in [0.717, 1.165) is 30.8 Å². The van der Waals surface area contributed by atoms with Gasteiger partial charge in [-0.15, -0.1) is 0 Å². The normalized spacial score (nSPS) is 29.5. The Morgan fingerprint density at radius 3 is 3.09 bits per heavy atom. The second-order valence-corrected chi connectivity index (χ2v) is 2.84. The van der Waals surface area contributed by atoms with E-state index >= 15 is 0 Å². The van der Waals surface area contributed by atoms with E-state index in [1.54, 1.807) is 0 Å². The molecule has 0 saturated heterocycles. The summed E-state index contributed by atoms with van der Waals surface area (Å²) in [6.45, 7) is 2.56. The van der Waals surface area contributed by atoms with Gasteiger partial charge in [0, 0.05) is 0 Å². The summed E-state index contributed by atoms with van der Waals surface area (Å²) < 4.78 is 10.3. The molecular formula is C8H10O3. The number of hydrogen-bond acceptors (Lipinski definition) is 3. The van der Waals surface area contributed by atoms with Crippen molar-refractivity contribution >= 4 is 5.97 Å². The summed E-state index contributed by atoms with van der Waals surface area (Å²) in [7, 11) is 0. The fourth-order valence-electron chi connectivity index (χ4n) is 1.49. The maximum atomic E-state index is 11.1. The van der Waals surface area contributed by atoms with Crippen LogP contribution in [0.3, 0.4) is 0 Å². The fraction of sp³-hybridized carbons (Fsp3) is 0.625. The average Bonchev–Trinajstić information content (AvgIpc) is 2.30. The molecule has 0 bridgehead atoms. The zero-order valence-corrected chi connectivity index (χ0v) is 6.42. The molecule has 1 atom stereocenters. The zero-order chi connectivity index (χ0) is 7.84. The molecule has 11 heavy (non-hydrogen) atoms. The third-order valence-electron chi connectivity index (χ3n) is 2.03. The van der Waals surface area contributed by atoms with Crippen LogP contribution in [0.4, 0.5) is 0 Å². The van der Waals surface area contributed by atoms with Gasteiger partial charge < -0.3 is 9.47 Å². The predicted molar refractivity (Wildman–Crippen MR) is 37.8 cm³/mol. The number of cyclic esters (lactones) is 1. The zero-order valence-electron chi connectivity index (χ0n) is 6.42. The van der Waals surface area contributed by atoms with E-state index in [1.807, 2.05) is 6.92 Å². The molecule has 0 aromatic rings. The summed E-state index contributed by atoms with van der Waals surface area (Å²) in [5.41, 5.74) is 0.753.